The first-order chi connectivity index (χ1) is 15.9. The summed E-state index contributed by atoms with van der Waals surface area (Å²) in [6.45, 7) is 4.90. The van der Waals surface area contributed by atoms with Crippen LogP contribution in [0.3, 0.4) is 0 Å². The van der Waals surface area contributed by atoms with Crippen molar-refractivity contribution in [1.82, 2.24) is 5.01 Å². The zero-order chi connectivity index (χ0) is 23.4. The van der Waals surface area contributed by atoms with Gasteiger partial charge in [0.15, 0.2) is 5.84 Å². The molecule has 170 valence electrons. The van der Waals surface area contributed by atoms with Gasteiger partial charge in [-0.25, -0.2) is 0 Å². The molecule has 0 radical (unpaired) electrons. The van der Waals surface area contributed by atoms with E-state index < -0.39 is 5.91 Å². The summed E-state index contributed by atoms with van der Waals surface area (Å²) in [5.74, 6) is 0.995. The number of fused-ring (bicyclic) bond motifs is 1. The van der Waals surface area contributed by atoms with Crippen molar-refractivity contribution in [3.05, 3.63) is 64.7 Å². The minimum atomic E-state index is -0.457. The standard InChI is InChI=1S/C24H23ClN4O3S/c1-15(2)23-28-29-21(26)17(22(30)27-24(29)33-23)14-16-8-3-5-10-19(16)31-12-7-13-32-20-11-6-4-9-18(20)25/h3-6,8-11,14-15,26H,7,12-13H2,1-2H3/b17-14+,26-21?. The average Bonchev–Trinajstić information content (AvgIpc) is 3.23. The molecule has 7 nitrogen and oxygen atoms in total. The normalized spacial score (nSPS) is 16.7. The lowest BCUT2D eigenvalue weighted by Gasteiger charge is -2.20. The number of amides is 1. The van der Waals surface area contributed by atoms with Crippen LogP contribution in [0.5, 0.6) is 11.5 Å². The highest BCUT2D eigenvalue weighted by Crippen LogP contribution is 2.31. The van der Waals surface area contributed by atoms with Crippen LogP contribution in [0.1, 0.15) is 25.8 Å². The molecule has 9 heteroatoms. The predicted octanol–water partition coefficient (Wildman–Crippen LogP) is 5.46. The molecule has 2 heterocycles. The van der Waals surface area contributed by atoms with Crippen LogP contribution in [0.4, 0.5) is 0 Å². The second-order valence-electron chi connectivity index (χ2n) is 7.63. The van der Waals surface area contributed by atoms with Crippen LogP contribution in [0.2, 0.25) is 5.02 Å². The van der Waals surface area contributed by atoms with Gasteiger partial charge in [-0.1, -0.05) is 55.8 Å². The predicted molar refractivity (Wildman–Crippen MR) is 133 cm³/mol. The van der Waals surface area contributed by atoms with E-state index in [1.165, 1.54) is 16.8 Å². The molecular weight excluding hydrogens is 460 g/mol. The second kappa shape index (κ2) is 10.2. The Morgan fingerprint density at radius 2 is 1.76 bits per heavy atom. The zero-order valence-electron chi connectivity index (χ0n) is 18.2. The van der Waals surface area contributed by atoms with E-state index in [4.69, 9.17) is 26.5 Å². The van der Waals surface area contributed by atoms with Gasteiger partial charge in [-0.15, -0.1) is 0 Å². The van der Waals surface area contributed by atoms with Crippen LogP contribution in [0.15, 0.2) is 64.2 Å². The Morgan fingerprint density at radius 3 is 2.48 bits per heavy atom. The number of para-hydroxylation sites is 2. The number of hydrogen-bond donors (Lipinski definition) is 1. The third-order valence-corrected chi connectivity index (χ3v) is 6.34. The van der Waals surface area contributed by atoms with Crippen molar-refractivity contribution in [3.8, 4) is 11.5 Å². The number of halogens is 1. The topological polar surface area (TPSA) is 87.3 Å². The molecule has 33 heavy (non-hydrogen) atoms. The average molecular weight is 483 g/mol. The van der Waals surface area contributed by atoms with Gasteiger partial charge in [0.1, 0.15) is 16.5 Å². The minimum absolute atomic E-state index is 0.0103. The van der Waals surface area contributed by atoms with E-state index in [2.05, 4.69) is 10.1 Å². The van der Waals surface area contributed by atoms with Crippen molar-refractivity contribution in [2.24, 2.45) is 16.0 Å². The van der Waals surface area contributed by atoms with Crippen molar-refractivity contribution < 1.29 is 14.3 Å². The lowest BCUT2D eigenvalue weighted by molar-refractivity contribution is -0.114. The summed E-state index contributed by atoms with van der Waals surface area (Å²) in [5, 5.41) is 16.2. The molecule has 0 unspecified atom stereocenters. The molecule has 1 amide bonds. The van der Waals surface area contributed by atoms with E-state index in [1.807, 2.05) is 56.3 Å². The summed E-state index contributed by atoms with van der Waals surface area (Å²) in [6, 6.07) is 14.7. The maximum absolute atomic E-state index is 12.6. The van der Waals surface area contributed by atoms with Gasteiger partial charge in [0.05, 0.1) is 23.8 Å². The first-order valence-electron chi connectivity index (χ1n) is 10.5. The number of nitrogens with zero attached hydrogens (tertiary/aromatic N) is 3. The number of hydrogen-bond acceptors (Lipinski definition) is 6. The van der Waals surface area contributed by atoms with Gasteiger partial charge < -0.3 is 9.47 Å². The maximum atomic E-state index is 12.6. The fraction of sp³-hybridized carbons (Fsp3) is 0.250. The van der Waals surface area contributed by atoms with Gasteiger partial charge in [-0.05, 0) is 36.0 Å². The molecule has 2 aromatic carbocycles. The number of carbonyl (C=O) groups is 1. The molecule has 0 fully saturated rings. The molecule has 0 saturated heterocycles. The van der Waals surface area contributed by atoms with Crippen molar-refractivity contribution in [2.75, 3.05) is 13.2 Å². The Bertz CT molecular complexity index is 1180. The SMILES string of the molecule is CC(C)C1=NN2C(=N)/C(=C\c3ccccc3OCCCOc3ccccc3Cl)C(=O)N=C2S1. The highest BCUT2D eigenvalue weighted by molar-refractivity contribution is 8.27. The van der Waals surface area contributed by atoms with Crippen molar-refractivity contribution >= 4 is 51.4 Å². The summed E-state index contributed by atoms with van der Waals surface area (Å²) in [4.78, 5) is 16.8. The molecule has 0 bridgehead atoms. The number of nitrogens with one attached hydrogen (secondary N) is 1. The summed E-state index contributed by atoms with van der Waals surface area (Å²) >= 11 is 7.43. The quantitative estimate of drug-likeness (QED) is 0.398. The van der Waals surface area contributed by atoms with Crippen LogP contribution >= 0.6 is 23.4 Å². The highest BCUT2D eigenvalue weighted by atomic mass is 35.5. The van der Waals surface area contributed by atoms with Crippen LogP contribution < -0.4 is 9.47 Å². The van der Waals surface area contributed by atoms with Gasteiger partial charge in [-0.2, -0.15) is 15.1 Å². The van der Waals surface area contributed by atoms with E-state index in [0.717, 1.165) is 5.04 Å². The van der Waals surface area contributed by atoms with Gasteiger partial charge in [-0.3, -0.25) is 10.2 Å². The number of rotatable bonds is 8. The summed E-state index contributed by atoms with van der Waals surface area (Å²) in [6.07, 6.45) is 2.28. The second-order valence-corrected chi connectivity index (χ2v) is 9.03. The molecule has 1 N–H and O–H groups in total. The number of amidine groups is 2. The minimum Gasteiger partial charge on any atom is -0.493 e. The smallest absolute Gasteiger partial charge is 0.283 e. The first-order valence-corrected chi connectivity index (χ1v) is 11.7. The van der Waals surface area contributed by atoms with E-state index >= 15 is 0 Å². The number of ether oxygens (including phenoxy) is 2. The molecule has 2 aromatic rings. The number of benzene rings is 2. The fourth-order valence-electron chi connectivity index (χ4n) is 3.11. The Hall–Kier alpha value is -3.10. The number of hydrazone groups is 1. The van der Waals surface area contributed by atoms with Crippen molar-refractivity contribution in [1.29, 1.82) is 5.41 Å². The molecular formula is C24H23ClN4O3S. The Labute approximate surface area is 201 Å². The van der Waals surface area contributed by atoms with Crippen LogP contribution in [0.25, 0.3) is 6.08 Å². The Balaban J connectivity index is 1.42. The summed E-state index contributed by atoms with van der Waals surface area (Å²) < 4.78 is 11.6. The third kappa shape index (κ3) is 5.29. The highest BCUT2D eigenvalue weighted by Gasteiger charge is 2.36. The largest absolute Gasteiger partial charge is 0.493 e. The van der Waals surface area contributed by atoms with E-state index in [1.54, 1.807) is 12.1 Å². The van der Waals surface area contributed by atoms with E-state index in [-0.39, 0.29) is 17.3 Å². The third-order valence-electron chi connectivity index (χ3n) is 4.82. The molecule has 0 aromatic heterocycles. The lowest BCUT2D eigenvalue weighted by atomic mass is 10.1. The van der Waals surface area contributed by atoms with Crippen LogP contribution in [-0.2, 0) is 4.79 Å². The molecule has 0 spiro atoms. The number of carbonyl (C=O) groups excluding carboxylic acids is 1. The molecule has 0 saturated carbocycles. The number of aliphatic imine (C=N–C) groups is 1. The Kier molecular flexibility index (Phi) is 7.15. The van der Waals surface area contributed by atoms with Crippen molar-refractivity contribution in [2.45, 2.75) is 20.3 Å². The van der Waals surface area contributed by atoms with E-state index in [9.17, 15) is 4.79 Å². The monoisotopic (exact) mass is 482 g/mol. The summed E-state index contributed by atoms with van der Waals surface area (Å²) in [7, 11) is 0. The molecule has 2 aliphatic heterocycles. The van der Waals surface area contributed by atoms with Gasteiger partial charge in [0.2, 0.25) is 5.17 Å². The Morgan fingerprint density at radius 1 is 1.09 bits per heavy atom. The van der Waals surface area contributed by atoms with E-state index in [0.29, 0.717) is 46.9 Å². The van der Waals surface area contributed by atoms with Gasteiger partial charge in [0.25, 0.3) is 5.91 Å². The van der Waals surface area contributed by atoms with Crippen LogP contribution in [0, 0.1) is 11.3 Å². The van der Waals surface area contributed by atoms with Gasteiger partial charge in [0, 0.05) is 17.9 Å². The fourth-order valence-corrected chi connectivity index (χ4v) is 4.19. The van der Waals surface area contributed by atoms with Crippen LogP contribution in [-0.4, -0.2) is 40.2 Å². The summed E-state index contributed by atoms with van der Waals surface area (Å²) in [5.41, 5.74) is 0.863. The molecule has 0 atom stereocenters. The molecule has 2 aliphatic rings. The van der Waals surface area contributed by atoms with Gasteiger partial charge >= 0.3 is 0 Å². The lowest BCUT2D eigenvalue weighted by Crippen LogP contribution is -2.35. The van der Waals surface area contributed by atoms with Crippen molar-refractivity contribution in [3.63, 3.8) is 0 Å². The maximum Gasteiger partial charge on any atom is 0.283 e. The first kappa shape index (κ1) is 23.1. The zero-order valence-corrected chi connectivity index (χ0v) is 19.8. The number of thioether (sulfide) groups is 1. The molecule has 4 rings (SSSR count). The molecule has 0 aliphatic carbocycles.